The topological polar surface area (TPSA) is 69.6 Å². The third kappa shape index (κ3) is 3.98. The van der Waals surface area contributed by atoms with E-state index in [1.165, 1.54) is 4.57 Å². The van der Waals surface area contributed by atoms with Gasteiger partial charge in [0.1, 0.15) is 17.8 Å². The highest BCUT2D eigenvalue weighted by Crippen LogP contribution is 2.47. The molecule has 1 aliphatic heterocycles. The van der Waals surface area contributed by atoms with Crippen molar-refractivity contribution in [1.82, 2.24) is 4.57 Å². The van der Waals surface area contributed by atoms with Crippen molar-refractivity contribution in [3.8, 4) is 11.3 Å². The molecule has 3 aromatic rings. The molecule has 0 aliphatic carbocycles. The number of aromatic nitrogens is 1. The number of hydrogen-bond acceptors (Lipinski definition) is 5. The van der Waals surface area contributed by atoms with E-state index in [1.54, 1.807) is 17.5 Å². The molecule has 32 heavy (non-hydrogen) atoms. The van der Waals surface area contributed by atoms with Crippen LogP contribution in [0.25, 0.3) is 11.3 Å². The summed E-state index contributed by atoms with van der Waals surface area (Å²) >= 11 is 1.61. The van der Waals surface area contributed by atoms with Crippen LogP contribution in [0.15, 0.2) is 54.0 Å². The van der Waals surface area contributed by atoms with Gasteiger partial charge in [-0.1, -0.05) is 26.0 Å². The number of benzene rings is 1. The molecule has 2 aromatic heterocycles. The summed E-state index contributed by atoms with van der Waals surface area (Å²) in [5, 5.41) is 4.99. The number of nitrogens with zero attached hydrogens (tertiary/aromatic N) is 1. The largest absolute Gasteiger partial charge is 0.443 e. The van der Waals surface area contributed by atoms with Gasteiger partial charge in [-0.25, -0.2) is 4.79 Å². The lowest BCUT2D eigenvalue weighted by Crippen LogP contribution is -2.36. The second-order valence-electron chi connectivity index (χ2n) is 9.21. The first-order valence-corrected chi connectivity index (χ1v) is 11.5. The smallest absolute Gasteiger partial charge is 0.418 e. The lowest BCUT2D eigenvalue weighted by Gasteiger charge is -2.37. The molecule has 0 saturated heterocycles. The van der Waals surface area contributed by atoms with Crippen molar-refractivity contribution in [2.75, 3.05) is 11.9 Å². The van der Waals surface area contributed by atoms with Crippen molar-refractivity contribution in [3.63, 3.8) is 0 Å². The summed E-state index contributed by atoms with van der Waals surface area (Å²) < 4.78 is 13.4. The van der Waals surface area contributed by atoms with Gasteiger partial charge in [-0.15, -0.1) is 11.3 Å². The zero-order valence-corrected chi connectivity index (χ0v) is 19.8. The number of rotatable bonds is 3. The highest BCUT2D eigenvalue weighted by Gasteiger charge is 2.44. The summed E-state index contributed by atoms with van der Waals surface area (Å²) in [6, 6.07) is 13.5. The first-order chi connectivity index (χ1) is 15.1. The van der Waals surface area contributed by atoms with Gasteiger partial charge in [0.15, 0.2) is 0 Å². The van der Waals surface area contributed by atoms with Crippen LogP contribution in [-0.2, 0) is 19.9 Å². The predicted molar refractivity (Wildman–Crippen MR) is 126 cm³/mol. The SMILES string of the molecule is CC(C)C1(c2cccs2)OCC(=O)Nc2ccc(-c3cccn3C(=O)OC(C)(C)C)cc21. The number of anilines is 1. The zero-order valence-electron chi connectivity index (χ0n) is 19.0. The fourth-order valence-electron chi connectivity index (χ4n) is 4.11. The second kappa shape index (κ2) is 8.22. The molecular formula is C25H28N2O4S. The van der Waals surface area contributed by atoms with Gasteiger partial charge in [0.05, 0.1) is 5.69 Å². The monoisotopic (exact) mass is 452 g/mol. The molecule has 4 rings (SSSR count). The molecule has 7 heteroatoms. The maximum atomic E-state index is 12.8. The van der Waals surface area contributed by atoms with Crippen molar-refractivity contribution < 1.29 is 19.1 Å². The lowest BCUT2D eigenvalue weighted by molar-refractivity contribution is -0.127. The minimum Gasteiger partial charge on any atom is -0.443 e. The number of carbonyl (C=O) groups excluding carboxylic acids is 2. The number of amides is 1. The summed E-state index contributed by atoms with van der Waals surface area (Å²) in [4.78, 5) is 26.2. The minimum atomic E-state index is -0.790. The average Bonchev–Trinajstić information content (AvgIpc) is 3.38. The summed E-state index contributed by atoms with van der Waals surface area (Å²) in [7, 11) is 0. The molecule has 0 radical (unpaired) electrons. The van der Waals surface area contributed by atoms with Gasteiger partial charge >= 0.3 is 6.09 Å². The van der Waals surface area contributed by atoms with Crippen LogP contribution in [0.4, 0.5) is 10.5 Å². The Morgan fingerprint density at radius 1 is 1.22 bits per heavy atom. The van der Waals surface area contributed by atoms with Crippen molar-refractivity contribution in [1.29, 1.82) is 0 Å². The van der Waals surface area contributed by atoms with Crippen molar-refractivity contribution >= 4 is 29.0 Å². The zero-order chi connectivity index (χ0) is 23.1. The van der Waals surface area contributed by atoms with E-state index >= 15 is 0 Å². The molecule has 0 spiro atoms. The Hall–Kier alpha value is -2.90. The predicted octanol–water partition coefficient (Wildman–Crippen LogP) is 5.87. The maximum absolute atomic E-state index is 12.8. The highest BCUT2D eigenvalue weighted by atomic mass is 32.1. The third-order valence-electron chi connectivity index (χ3n) is 5.46. The first kappa shape index (κ1) is 22.3. The molecule has 1 N–H and O–H groups in total. The number of carbonyl (C=O) groups is 2. The fraction of sp³-hybridized carbons (Fsp3) is 0.360. The molecule has 6 nitrogen and oxygen atoms in total. The van der Waals surface area contributed by atoms with Crippen molar-refractivity contribution in [2.45, 2.75) is 45.8 Å². The maximum Gasteiger partial charge on any atom is 0.418 e. The Kier molecular flexibility index (Phi) is 5.73. The van der Waals surface area contributed by atoms with Crippen LogP contribution in [-0.4, -0.2) is 28.8 Å². The van der Waals surface area contributed by atoms with E-state index in [-0.39, 0.29) is 18.4 Å². The minimum absolute atomic E-state index is 0.0334. The van der Waals surface area contributed by atoms with Crippen LogP contribution in [0.3, 0.4) is 0 Å². The Bertz CT molecular complexity index is 1140. The van der Waals surface area contributed by atoms with Crippen molar-refractivity contribution in [2.24, 2.45) is 5.92 Å². The molecule has 1 aromatic carbocycles. The summed E-state index contributed by atoms with van der Waals surface area (Å²) in [6.07, 6.45) is 1.26. The van der Waals surface area contributed by atoms with E-state index in [2.05, 4.69) is 19.2 Å². The highest BCUT2D eigenvalue weighted by molar-refractivity contribution is 7.10. The first-order valence-electron chi connectivity index (χ1n) is 10.7. The van der Waals surface area contributed by atoms with E-state index in [9.17, 15) is 9.59 Å². The lowest BCUT2D eigenvalue weighted by atomic mass is 9.80. The Balaban J connectivity index is 1.88. The van der Waals surface area contributed by atoms with Crippen LogP contribution in [0.2, 0.25) is 0 Å². The van der Waals surface area contributed by atoms with Gasteiger partial charge in [-0.3, -0.25) is 9.36 Å². The van der Waals surface area contributed by atoms with Crippen LogP contribution >= 0.6 is 11.3 Å². The Labute approximate surface area is 192 Å². The van der Waals surface area contributed by atoms with Crippen LogP contribution in [0.1, 0.15) is 45.1 Å². The van der Waals surface area contributed by atoms with Gasteiger partial charge in [0.2, 0.25) is 5.91 Å². The van der Waals surface area contributed by atoms with E-state index < -0.39 is 17.3 Å². The molecule has 0 fully saturated rings. The standard InChI is InChI=1S/C25H28N2O4S/c1-16(2)25(21-9-7-13-32-21)18-14-17(10-11-19(18)26-22(28)15-30-25)20-8-6-12-27(20)23(29)31-24(3,4)5/h6-14,16H,15H2,1-5H3,(H,26,28). The number of hydrogen-bond donors (Lipinski definition) is 1. The average molecular weight is 453 g/mol. The number of ether oxygens (including phenoxy) is 2. The van der Waals surface area contributed by atoms with E-state index in [0.717, 1.165) is 16.0 Å². The van der Waals surface area contributed by atoms with Crippen LogP contribution in [0.5, 0.6) is 0 Å². The molecule has 0 bridgehead atoms. The summed E-state index contributed by atoms with van der Waals surface area (Å²) in [5.41, 5.74) is 1.74. The van der Waals surface area contributed by atoms with Crippen LogP contribution < -0.4 is 5.32 Å². The van der Waals surface area contributed by atoms with Gasteiger partial charge < -0.3 is 14.8 Å². The fourth-order valence-corrected chi connectivity index (χ4v) is 5.15. The van der Waals surface area contributed by atoms with Gasteiger partial charge in [0.25, 0.3) is 0 Å². The Morgan fingerprint density at radius 3 is 2.66 bits per heavy atom. The van der Waals surface area contributed by atoms with E-state index in [4.69, 9.17) is 9.47 Å². The molecule has 1 aliphatic rings. The molecule has 3 heterocycles. The molecule has 1 unspecified atom stereocenters. The van der Waals surface area contributed by atoms with Gasteiger partial charge in [-0.2, -0.15) is 0 Å². The summed E-state index contributed by atoms with van der Waals surface area (Å²) in [6.45, 7) is 9.68. The van der Waals surface area contributed by atoms with E-state index in [0.29, 0.717) is 11.4 Å². The molecule has 1 atom stereocenters. The third-order valence-corrected chi connectivity index (χ3v) is 6.45. The molecule has 168 valence electrons. The summed E-state index contributed by atoms with van der Waals surface area (Å²) in [5.74, 6) is -0.129. The van der Waals surface area contributed by atoms with Crippen LogP contribution in [0, 0.1) is 5.92 Å². The van der Waals surface area contributed by atoms with E-state index in [1.807, 2.05) is 68.6 Å². The van der Waals surface area contributed by atoms with Gasteiger partial charge in [0, 0.05) is 22.3 Å². The number of fused-ring (bicyclic) bond motifs is 1. The molecular weight excluding hydrogens is 424 g/mol. The molecule has 1 amide bonds. The second-order valence-corrected chi connectivity index (χ2v) is 10.2. The number of nitrogens with one attached hydrogen (secondary N) is 1. The quantitative estimate of drug-likeness (QED) is 0.540. The normalized spacial score (nSPS) is 18.8. The number of thiophene rings is 1. The van der Waals surface area contributed by atoms with Gasteiger partial charge in [-0.05, 0) is 68.0 Å². The molecule has 0 saturated carbocycles. The Morgan fingerprint density at radius 2 is 2.00 bits per heavy atom. The van der Waals surface area contributed by atoms with Crippen molar-refractivity contribution in [3.05, 3.63) is 64.5 Å².